The summed E-state index contributed by atoms with van der Waals surface area (Å²) in [4.78, 5) is 16.8. The van der Waals surface area contributed by atoms with Gasteiger partial charge in [-0.2, -0.15) is 0 Å². The molecule has 0 aliphatic carbocycles. The fourth-order valence-corrected chi connectivity index (χ4v) is 3.22. The van der Waals surface area contributed by atoms with Gasteiger partial charge >= 0.3 is 0 Å². The van der Waals surface area contributed by atoms with Gasteiger partial charge in [-0.05, 0) is 48.6 Å². The van der Waals surface area contributed by atoms with Crippen LogP contribution in [0.15, 0.2) is 81.8 Å². The number of nitrogens with zero attached hydrogens (tertiary/aromatic N) is 1. The average molecular weight is 452 g/mol. The Morgan fingerprint density at radius 2 is 1.79 bits per heavy atom. The van der Waals surface area contributed by atoms with E-state index in [1.54, 1.807) is 18.3 Å². The van der Waals surface area contributed by atoms with Crippen LogP contribution < -0.4 is 10.6 Å². The standard InChI is InChI=1S/C21H14BrN3O2S/c22-15-8-6-13(7-9-15)17-10-11-18(27-17)20(26)25-21(28)24-16-5-1-3-14-4-2-12-23-19(14)16/h1-12H,(H2,24,25,26,28). The van der Waals surface area contributed by atoms with Gasteiger partial charge in [-0.25, -0.2) is 0 Å². The first kappa shape index (κ1) is 18.3. The molecule has 138 valence electrons. The number of para-hydroxylation sites is 1. The number of carbonyl (C=O) groups is 1. The van der Waals surface area contributed by atoms with Gasteiger partial charge in [-0.3, -0.25) is 15.1 Å². The van der Waals surface area contributed by atoms with Crippen LogP contribution in [0.3, 0.4) is 0 Å². The van der Waals surface area contributed by atoms with E-state index in [0.717, 1.165) is 26.6 Å². The van der Waals surface area contributed by atoms with Crippen LogP contribution in [-0.2, 0) is 0 Å². The first-order chi connectivity index (χ1) is 13.6. The molecule has 0 aliphatic rings. The van der Waals surface area contributed by atoms with Gasteiger partial charge in [0, 0.05) is 21.6 Å². The number of hydrogen-bond donors (Lipinski definition) is 2. The molecule has 5 nitrogen and oxygen atoms in total. The zero-order chi connectivity index (χ0) is 19.5. The molecule has 0 radical (unpaired) electrons. The van der Waals surface area contributed by atoms with Crippen molar-refractivity contribution < 1.29 is 9.21 Å². The van der Waals surface area contributed by atoms with E-state index in [1.165, 1.54) is 0 Å². The Labute approximate surface area is 174 Å². The molecule has 4 rings (SSSR count). The molecule has 0 aliphatic heterocycles. The van der Waals surface area contributed by atoms with Crippen LogP contribution in [0.25, 0.3) is 22.2 Å². The van der Waals surface area contributed by atoms with Gasteiger partial charge in [0.2, 0.25) is 0 Å². The zero-order valence-electron chi connectivity index (χ0n) is 14.5. The van der Waals surface area contributed by atoms with E-state index in [2.05, 4.69) is 31.5 Å². The highest BCUT2D eigenvalue weighted by Gasteiger charge is 2.14. The lowest BCUT2D eigenvalue weighted by molar-refractivity contribution is 0.0951. The lowest BCUT2D eigenvalue weighted by atomic mass is 10.2. The van der Waals surface area contributed by atoms with Crippen molar-refractivity contribution in [2.45, 2.75) is 0 Å². The van der Waals surface area contributed by atoms with Gasteiger partial charge in [0.05, 0.1) is 11.2 Å². The summed E-state index contributed by atoms with van der Waals surface area (Å²) in [5.41, 5.74) is 2.38. The summed E-state index contributed by atoms with van der Waals surface area (Å²) in [5, 5.41) is 6.81. The number of anilines is 1. The largest absolute Gasteiger partial charge is 0.451 e. The highest BCUT2D eigenvalue weighted by molar-refractivity contribution is 9.10. The summed E-state index contributed by atoms with van der Waals surface area (Å²) in [7, 11) is 0. The predicted molar refractivity (Wildman–Crippen MR) is 117 cm³/mol. The van der Waals surface area contributed by atoms with Gasteiger partial charge in [-0.15, -0.1) is 0 Å². The average Bonchev–Trinajstić information content (AvgIpc) is 3.19. The molecule has 7 heteroatoms. The van der Waals surface area contributed by atoms with E-state index in [1.807, 2.05) is 54.6 Å². The van der Waals surface area contributed by atoms with Crippen LogP contribution in [0.1, 0.15) is 10.6 Å². The fourth-order valence-electron chi connectivity index (χ4n) is 2.75. The molecule has 0 spiro atoms. The monoisotopic (exact) mass is 451 g/mol. The van der Waals surface area contributed by atoms with Crippen molar-refractivity contribution in [2.24, 2.45) is 0 Å². The summed E-state index contributed by atoms with van der Waals surface area (Å²) in [6.07, 6.45) is 1.71. The molecule has 0 saturated heterocycles. The number of aromatic nitrogens is 1. The van der Waals surface area contributed by atoms with E-state index in [-0.39, 0.29) is 10.9 Å². The van der Waals surface area contributed by atoms with Crippen LogP contribution in [0.2, 0.25) is 0 Å². The third-order valence-electron chi connectivity index (χ3n) is 4.07. The normalized spacial score (nSPS) is 10.6. The Hall–Kier alpha value is -3.03. The summed E-state index contributed by atoms with van der Waals surface area (Å²) >= 11 is 8.67. The Bertz CT molecular complexity index is 1170. The molecule has 2 N–H and O–H groups in total. The van der Waals surface area contributed by atoms with E-state index in [9.17, 15) is 4.79 Å². The minimum atomic E-state index is -0.422. The molecule has 0 unspecified atom stereocenters. The smallest absolute Gasteiger partial charge is 0.293 e. The number of thiocarbonyl (C=S) groups is 1. The van der Waals surface area contributed by atoms with E-state index < -0.39 is 5.91 Å². The van der Waals surface area contributed by atoms with Gasteiger partial charge in [0.25, 0.3) is 5.91 Å². The van der Waals surface area contributed by atoms with Crippen molar-refractivity contribution in [3.63, 3.8) is 0 Å². The van der Waals surface area contributed by atoms with Crippen LogP contribution in [0, 0.1) is 0 Å². The highest BCUT2D eigenvalue weighted by Crippen LogP contribution is 2.24. The SMILES string of the molecule is O=C(NC(=S)Nc1cccc2cccnc12)c1ccc(-c2ccc(Br)cc2)o1. The molecule has 0 bridgehead atoms. The third-order valence-corrected chi connectivity index (χ3v) is 4.80. The predicted octanol–water partition coefficient (Wildman–Crippen LogP) is 5.38. The lowest BCUT2D eigenvalue weighted by Gasteiger charge is -2.10. The second-order valence-electron chi connectivity index (χ2n) is 5.96. The molecule has 0 atom stereocenters. The maximum atomic E-state index is 12.5. The second kappa shape index (κ2) is 7.92. The van der Waals surface area contributed by atoms with E-state index >= 15 is 0 Å². The zero-order valence-corrected chi connectivity index (χ0v) is 16.9. The molecule has 0 fully saturated rings. The number of hydrogen-bond acceptors (Lipinski definition) is 4. The molecule has 2 aromatic heterocycles. The van der Waals surface area contributed by atoms with Crippen LogP contribution in [0.4, 0.5) is 5.69 Å². The van der Waals surface area contributed by atoms with Crippen molar-refractivity contribution in [1.29, 1.82) is 0 Å². The summed E-state index contributed by atoms with van der Waals surface area (Å²) < 4.78 is 6.64. The Balaban J connectivity index is 1.46. The Morgan fingerprint density at radius 1 is 1.00 bits per heavy atom. The molecule has 4 aromatic rings. The van der Waals surface area contributed by atoms with Crippen molar-refractivity contribution >= 4 is 55.8 Å². The van der Waals surface area contributed by atoms with Gasteiger partial charge in [0.15, 0.2) is 10.9 Å². The fraction of sp³-hybridized carbons (Fsp3) is 0. The topological polar surface area (TPSA) is 67.2 Å². The van der Waals surface area contributed by atoms with Crippen LogP contribution >= 0.6 is 28.1 Å². The maximum absolute atomic E-state index is 12.5. The Kier molecular flexibility index (Phi) is 5.18. The molecule has 2 aromatic carbocycles. The first-order valence-corrected chi connectivity index (χ1v) is 9.62. The number of nitrogens with one attached hydrogen (secondary N) is 2. The number of amides is 1. The summed E-state index contributed by atoms with van der Waals surface area (Å²) in [6.45, 7) is 0. The number of benzene rings is 2. The van der Waals surface area contributed by atoms with E-state index in [0.29, 0.717) is 5.76 Å². The maximum Gasteiger partial charge on any atom is 0.293 e. The van der Waals surface area contributed by atoms with Crippen molar-refractivity contribution in [2.75, 3.05) is 5.32 Å². The van der Waals surface area contributed by atoms with Gasteiger partial charge in [0.1, 0.15) is 5.76 Å². The van der Waals surface area contributed by atoms with Crippen LogP contribution in [0.5, 0.6) is 0 Å². The van der Waals surface area contributed by atoms with E-state index in [4.69, 9.17) is 16.6 Å². The number of pyridine rings is 1. The minimum Gasteiger partial charge on any atom is -0.451 e. The van der Waals surface area contributed by atoms with Crippen LogP contribution in [-0.4, -0.2) is 16.0 Å². The minimum absolute atomic E-state index is 0.171. The molecular weight excluding hydrogens is 438 g/mol. The van der Waals surface area contributed by atoms with Crippen molar-refractivity contribution in [3.05, 3.63) is 83.2 Å². The first-order valence-electron chi connectivity index (χ1n) is 8.42. The molecule has 1 amide bonds. The Morgan fingerprint density at radius 3 is 2.61 bits per heavy atom. The summed E-state index contributed by atoms with van der Waals surface area (Å²) in [5.74, 6) is 0.363. The number of fused-ring (bicyclic) bond motifs is 1. The number of rotatable bonds is 3. The summed E-state index contributed by atoms with van der Waals surface area (Å²) in [6, 6.07) is 20.5. The number of halogens is 1. The third kappa shape index (κ3) is 3.95. The lowest BCUT2D eigenvalue weighted by Crippen LogP contribution is -2.33. The van der Waals surface area contributed by atoms with Crippen molar-refractivity contribution in [3.8, 4) is 11.3 Å². The highest BCUT2D eigenvalue weighted by atomic mass is 79.9. The number of furan rings is 1. The molecule has 0 saturated carbocycles. The quantitative estimate of drug-likeness (QED) is 0.409. The molecule has 2 heterocycles. The van der Waals surface area contributed by atoms with Gasteiger partial charge in [-0.1, -0.05) is 46.3 Å². The second-order valence-corrected chi connectivity index (χ2v) is 7.28. The molecule has 28 heavy (non-hydrogen) atoms. The molecular formula is C21H14BrN3O2S. The van der Waals surface area contributed by atoms with Crippen molar-refractivity contribution in [1.82, 2.24) is 10.3 Å². The van der Waals surface area contributed by atoms with Gasteiger partial charge < -0.3 is 9.73 Å². The number of carbonyl (C=O) groups excluding carboxylic acids is 1.